The van der Waals surface area contributed by atoms with E-state index in [1.807, 2.05) is 55.5 Å². The molecule has 3 heterocycles. The highest BCUT2D eigenvalue weighted by molar-refractivity contribution is 6.30. The molecule has 8 heteroatoms. The molecule has 0 unspecified atom stereocenters. The van der Waals surface area contributed by atoms with Crippen molar-refractivity contribution in [1.82, 2.24) is 24.4 Å². The predicted molar refractivity (Wildman–Crippen MR) is 126 cm³/mol. The molecule has 7 nitrogen and oxygen atoms in total. The van der Waals surface area contributed by atoms with E-state index in [0.29, 0.717) is 21.9 Å². The molecule has 0 bridgehead atoms. The molecule has 0 N–H and O–H groups in total. The van der Waals surface area contributed by atoms with Gasteiger partial charge in [-0.3, -0.25) is 4.98 Å². The van der Waals surface area contributed by atoms with Crippen molar-refractivity contribution in [1.29, 1.82) is 5.26 Å². The van der Waals surface area contributed by atoms with E-state index in [-0.39, 0.29) is 12.2 Å². The lowest BCUT2D eigenvalue weighted by atomic mass is 9.95. The molecule has 33 heavy (non-hydrogen) atoms. The molecule has 0 aliphatic rings. The van der Waals surface area contributed by atoms with E-state index < -0.39 is 0 Å². The summed E-state index contributed by atoms with van der Waals surface area (Å²) in [7, 11) is 0. The third kappa shape index (κ3) is 3.77. The third-order valence-electron chi connectivity index (χ3n) is 5.42. The van der Waals surface area contributed by atoms with E-state index in [1.54, 1.807) is 24.5 Å². The van der Waals surface area contributed by atoms with Gasteiger partial charge in [0, 0.05) is 28.5 Å². The largest absolute Gasteiger partial charge is 0.367 e. The summed E-state index contributed by atoms with van der Waals surface area (Å²) in [5, 5.41) is 18.9. The maximum atomic E-state index is 13.2. The van der Waals surface area contributed by atoms with Crippen LogP contribution >= 0.6 is 11.6 Å². The molecule has 0 aliphatic carbocycles. The number of hydrogen-bond donors (Lipinski definition) is 0. The molecular weight excluding hydrogens is 436 g/mol. The average Bonchev–Trinajstić information content (AvgIpc) is 3.14. The second-order valence-corrected chi connectivity index (χ2v) is 8.00. The van der Waals surface area contributed by atoms with Gasteiger partial charge in [0.15, 0.2) is 5.65 Å². The lowest BCUT2D eigenvalue weighted by Gasteiger charge is -2.13. The Morgan fingerprint density at radius 1 is 0.909 bits per heavy atom. The summed E-state index contributed by atoms with van der Waals surface area (Å²) in [6.07, 6.45) is 3.41. The smallest absolute Gasteiger partial charge is 0.265 e. The van der Waals surface area contributed by atoms with Crippen molar-refractivity contribution in [2.75, 3.05) is 0 Å². The minimum Gasteiger partial charge on any atom is -0.265 e. The van der Waals surface area contributed by atoms with Gasteiger partial charge in [-0.1, -0.05) is 35.9 Å². The Balaban J connectivity index is 1.75. The second-order valence-electron chi connectivity index (χ2n) is 7.56. The predicted octanol–water partition coefficient (Wildman–Crippen LogP) is 4.50. The van der Waals surface area contributed by atoms with Crippen molar-refractivity contribution in [2.45, 2.75) is 13.5 Å². The van der Waals surface area contributed by atoms with Crippen molar-refractivity contribution >= 4 is 17.2 Å². The second kappa shape index (κ2) is 8.34. The monoisotopic (exact) mass is 452 g/mol. The Morgan fingerprint density at radius 2 is 1.58 bits per heavy atom. The van der Waals surface area contributed by atoms with E-state index in [9.17, 15) is 4.79 Å². The number of halogens is 1. The third-order valence-corrected chi connectivity index (χ3v) is 5.67. The molecule has 0 atom stereocenters. The van der Waals surface area contributed by atoms with E-state index in [4.69, 9.17) is 16.9 Å². The topological polar surface area (TPSA) is 88.9 Å². The molecule has 5 rings (SSSR count). The van der Waals surface area contributed by atoms with Crippen LogP contribution < -0.4 is 5.69 Å². The Kier molecular flexibility index (Phi) is 5.21. The summed E-state index contributed by atoms with van der Waals surface area (Å²) in [5.41, 5.74) is 5.70. The molecule has 0 saturated carbocycles. The van der Waals surface area contributed by atoms with Gasteiger partial charge in [0.05, 0.1) is 23.9 Å². The van der Waals surface area contributed by atoms with Crippen molar-refractivity contribution in [3.63, 3.8) is 0 Å². The molecule has 0 fully saturated rings. The van der Waals surface area contributed by atoms with Crippen molar-refractivity contribution < 1.29 is 0 Å². The fourth-order valence-electron chi connectivity index (χ4n) is 3.86. The molecular formula is C25H17ClN6O. The number of nitriles is 1. The van der Waals surface area contributed by atoms with Crippen LogP contribution in [-0.4, -0.2) is 24.4 Å². The first kappa shape index (κ1) is 20.6. The molecule has 0 amide bonds. The highest BCUT2D eigenvalue weighted by Crippen LogP contribution is 2.36. The number of hydrogen-bond acceptors (Lipinski definition) is 5. The van der Waals surface area contributed by atoms with Gasteiger partial charge < -0.3 is 0 Å². The number of nitrogens with zero attached hydrogens (tertiary/aromatic N) is 6. The van der Waals surface area contributed by atoms with E-state index >= 15 is 0 Å². The van der Waals surface area contributed by atoms with Crippen LogP contribution in [0.4, 0.5) is 0 Å². The number of fused-ring (bicyclic) bond motifs is 1. The first-order valence-corrected chi connectivity index (χ1v) is 10.6. The van der Waals surface area contributed by atoms with Crippen LogP contribution in [0.25, 0.3) is 27.9 Å². The Labute approximate surface area is 194 Å². The van der Waals surface area contributed by atoms with Crippen LogP contribution in [0.15, 0.2) is 77.9 Å². The number of aromatic nitrogens is 5. The number of pyridine rings is 1. The van der Waals surface area contributed by atoms with Crippen molar-refractivity contribution in [2.24, 2.45) is 0 Å². The van der Waals surface area contributed by atoms with Gasteiger partial charge in [0.2, 0.25) is 0 Å². The van der Waals surface area contributed by atoms with Crippen molar-refractivity contribution in [3.8, 4) is 28.3 Å². The van der Waals surface area contributed by atoms with Gasteiger partial charge in [0.1, 0.15) is 0 Å². The zero-order valence-corrected chi connectivity index (χ0v) is 18.4. The highest BCUT2D eigenvalue weighted by Gasteiger charge is 2.21. The summed E-state index contributed by atoms with van der Waals surface area (Å²) in [5.74, 6) is 0. The van der Waals surface area contributed by atoms with E-state index in [1.165, 1.54) is 9.20 Å². The van der Waals surface area contributed by atoms with Crippen molar-refractivity contribution in [3.05, 3.63) is 105 Å². The molecule has 0 spiro atoms. The summed E-state index contributed by atoms with van der Waals surface area (Å²) in [6.45, 7) is 2.14. The quantitative estimate of drug-likeness (QED) is 0.400. The zero-order valence-electron chi connectivity index (χ0n) is 17.6. The molecule has 0 saturated heterocycles. The highest BCUT2D eigenvalue weighted by atomic mass is 35.5. The first-order chi connectivity index (χ1) is 16.0. The Hall–Kier alpha value is -4.28. The van der Waals surface area contributed by atoms with Gasteiger partial charge in [0.25, 0.3) is 0 Å². The summed E-state index contributed by atoms with van der Waals surface area (Å²) < 4.78 is 2.73. The Bertz CT molecular complexity index is 1560. The maximum absolute atomic E-state index is 13.2. The van der Waals surface area contributed by atoms with Gasteiger partial charge in [-0.15, -0.1) is 5.10 Å². The summed E-state index contributed by atoms with van der Waals surface area (Å²) in [6, 6.07) is 20.5. The van der Waals surface area contributed by atoms with Crippen LogP contribution in [0.2, 0.25) is 5.02 Å². The minimum absolute atomic E-state index is 0.263. The van der Waals surface area contributed by atoms with Gasteiger partial charge in [-0.05, 0) is 60.0 Å². The summed E-state index contributed by atoms with van der Waals surface area (Å²) >= 11 is 6.11. The fourth-order valence-corrected chi connectivity index (χ4v) is 3.99. The number of aryl methyl sites for hydroxylation is 1. The molecule has 0 aliphatic heterocycles. The normalized spacial score (nSPS) is 10.9. The van der Waals surface area contributed by atoms with Crippen LogP contribution in [0.1, 0.15) is 16.8 Å². The molecule has 160 valence electrons. The SMILES string of the molecule is Cc1nn2c(=O)n(Cc3ccc(C#N)cc3)nc2c(-c2ccncc2)c1-c1ccc(Cl)cc1. The van der Waals surface area contributed by atoms with Crippen LogP contribution in [0, 0.1) is 18.3 Å². The molecule has 0 radical (unpaired) electrons. The lowest BCUT2D eigenvalue weighted by Crippen LogP contribution is -2.23. The minimum atomic E-state index is -0.338. The van der Waals surface area contributed by atoms with Crippen LogP contribution in [0.3, 0.4) is 0 Å². The molecule has 5 aromatic rings. The standard InChI is InChI=1S/C25H17ClN6O/c1-16-22(19-6-8-21(26)9-7-19)23(20-10-12-28-13-11-20)24-30-31(25(33)32(24)29-16)15-18-4-2-17(14-27)3-5-18/h2-13H,15H2,1H3. The fraction of sp³-hybridized carbons (Fsp3) is 0.0800. The first-order valence-electron chi connectivity index (χ1n) is 10.2. The van der Waals surface area contributed by atoms with Crippen LogP contribution in [0.5, 0.6) is 0 Å². The summed E-state index contributed by atoms with van der Waals surface area (Å²) in [4.78, 5) is 17.3. The van der Waals surface area contributed by atoms with Gasteiger partial charge in [-0.2, -0.15) is 14.9 Å². The van der Waals surface area contributed by atoms with E-state index in [2.05, 4.69) is 21.3 Å². The average molecular weight is 453 g/mol. The van der Waals surface area contributed by atoms with Crippen LogP contribution in [-0.2, 0) is 6.54 Å². The molecule has 3 aromatic heterocycles. The zero-order chi connectivity index (χ0) is 22.9. The number of rotatable bonds is 4. The molecule has 2 aromatic carbocycles. The Morgan fingerprint density at radius 3 is 2.24 bits per heavy atom. The maximum Gasteiger partial charge on any atom is 0.367 e. The lowest BCUT2D eigenvalue weighted by molar-refractivity contribution is 0.649. The van der Waals surface area contributed by atoms with Gasteiger partial charge in [-0.25, -0.2) is 9.48 Å². The number of benzene rings is 2. The van der Waals surface area contributed by atoms with E-state index in [0.717, 1.165) is 27.8 Å². The van der Waals surface area contributed by atoms with Gasteiger partial charge >= 0.3 is 5.69 Å².